The second-order valence-electron chi connectivity index (χ2n) is 4.18. The van der Waals surface area contributed by atoms with E-state index in [0.717, 1.165) is 11.3 Å². The lowest BCUT2D eigenvalue weighted by Crippen LogP contribution is -2.29. The number of carboxylic acid groups (broad SMARTS) is 1. The first-order valence-electron chi connectivity index (χ1n) is 5.19. The van der Waals surface area contributed by atoms with Crippen LogP contribution in [0.15, 0.2) is 21.7 Å². The first kappa shape index (κ1) is 12.5. The van der Waals surface area contributed by atoms with Crippen LogP contribution in [0.25, 0.3) is 0 Å². The van der Waals surface area contributed by atoms with Gasteiger partial charge in [0.1, 0.15) is 4.21 Å². The molecule has 2 rings (SSSR count). The van der Waals surface area contributed by atoms with Crippen molar-refractivity contribution in [2.24, 2.45) is 11.8 Å². The lowest BCUT2D eigenvalue weighted by atomic mass is 9.99. The second-order valence-corrected chi connectivity index (χ2v) is 7.29. The van der Waals surface area contributed by atoms with Gasteiger partial charge in [-0.25, -0.2) is 8.42 Å². The molecule has 1 aromatic rings. The summed E-state index contributed by atoms with van der Waals surface area (Å²) in [6.45, 7) is 2.11. The average molecular weight is 275 g/mol. The highest BCUT2D eigenvalue weighted by Gasteiger charge is 2.40. The van der Waals surface area contributed by atoms with E-state index < -0.39 is 21.9 Å². The van der Waals surface area contributed by atoms with E-state index in [9.17, 15) is 13.2 Å². The molecule has 17 heavy (non-hydrogen) atoms. The number of sulfonamides is 1. The maximum Gasteiger partial charge on any atom is 0.308 e. The fraction of sp³-hybridized carbons (Fsp3) is 0.500. The van der Waals surface area contributed by atoms with Crippen LogP contribution in [0.5, 0.6) is 0 Å². The van der Waals surface area contributed by atoms with Gasteiger partial charge in [0.15, 0.2) is 0 Å². The van der Waals surface area contributed by atoms with Gasteiger partial charge in [-0.1, -0.05) is 13.0 Å². The first-order chi connectivity index (χ1) is 7.93. The predicted molar refractivity (Wildman–Crippen MR) is 63.4 cm³/mol. The summed E-state index contributed by atoms with van der Waals surface area (Å²) >= 11 is 1.15. The average Bonchev–Trinajstić information content (AvgIpc) is 2.84. The number of hydrogen-bond donors (Lipinski definition) is 1. The number of rotatable bonds is 3. The van der Waals surface area contributed by atoms with Gasteiger partial charge in [-0.15, -0.1) is 11.3 Å². The largest absolute Gasteiger partial charge is 0.481 e. The lowest BCUT2D eigenvalue weighted by Gasteiger charge is -2.14. The maximum absolute atomic E-state index is 12.2. The number of nitrogens with zero attached hydrogens (tertiary/aromatic N) is 1. The van der Waals surface area contributed by atoms with Crippen molar-refractivity contribution in [1.82, 2.24) is 4.31 Å². The van der Waals surface area contributed by atoms with Crippen molar-refractivity contribution in [2.75, 3.05) is 13.1 Å². The van der Waals surface area contributed by atoms with E-state index in [1.165, 1.54) is 4.31 Å². The fourth-order valence-corrected chi connectivity index (χ4v) is 4.69. The Bertz CT molecular complexity index is 508. The molecule has 2 heterocycles. The van der Waals surface area contributed by atoms with E-state index in [0.29, 0.717) is 0 Å². The van der Waals surface area contributed by atoms with E-state index in [4.69, 9.17) is 5.11 Å². The van der Waals surface area contributed by atoms with Crippen LogP contribution in [0.2, 0.25) is 0 Å². The molecular weight excluding hydrogens is 262 g/mol. The highest BCUT2D eigenvalue weighted by molar-refractivity contribution is 7.91. The van der Waals surface area contributed by atoms with Gasteiger partial charge < -0.3 is 5.11 Å². The predicted octanol–water partition coefficient (Wildman–Crippen LogP) is 1.09. The van der Waals surface area contributed by atoms with Crippen LogP contribution in [0.3, 0.4) is 0 Å². The van der Waals surface area contributed by atoms with Crippen LogP contribution in [-0.2, 0) is 14.8 Å². The summed E-state index contributed by atoms with van der Waals surface area (Å²) in [5.74, 6) is -1.69. The fourth-order valence-electron chi connectivity index (χ4n) is 1.98. The molecule has 0 spiro atoms. The minimum Gasteiger partial charge on any atom is -0.481 e. The Kier molecular flexibility index (Phi) is 3.24. The van der Waals surface area contributed by atoms with Gasteiger partial charge in [0.2, 0.25) is 0 Å². The van der Waals surface area contributed by atoms with Crippen molar-refractivity contribution in [3.05, 3.63) is 17.5 Å². The zero-order valence-electron chi connectivity index (χ0n) is 9.24. The van der Waals surface area contributed by atoms with Gasteiger partial charge in [0, 0.05) is 13.1 Å². The van der Waals surface area contributed by atoms with E-state index >= 15 is 0 Å². The van der Waals surface area contributed by atoms with Crippen LogP contribution >= 0.6 is 11.3 Å². The molecule has 1 N–H and O–H groups in total. The Morgan fingerprint density at radius 3 is 2.71 bits per heavy atom. The van der Waals surface area contributed by atoms with Gasteiger partial charge in [-0.2, -0.15) is 4.31 Å². The van der Waals surface area contributed by atoms with E-state index in [2.05, 4.69) is 0 Å². The topological polar surface area (TPSA) is 74.7 Å². The van der Waals surface area contributed by atoms with Crippen LogP contribution in [0, 0.1) is 11.8 Å². The molecule has 0 aliphatic carbocycles. The third-order valence-electron chi connectivity index (χ3n) is 2.99. The normalized spacial score (nSPS) is 26.2. The van der Waals surface area contributed by atoms with Gasteiger partial charge >= 0.3 is 5.97 Å². The molecule has 0 unspecified atom stereocenters. The van der Waals surface area contributed by atoms with Crippen molar-refractivity contribution in [3.63, 3.8) is 0 Å². The van der Waals surface area contributed by atoms with Gasteiger partial charge in [-0.3, -0.25) is 4.79 Å². The summed E-state index contributed by atoms with van der Waals surface area (Å²) in [7, 11) is -3.51. The summed E-state index contributed by atoms with van der Waals surface area (Å²) in [6, 6.07) is 3.21. The summed E-state index contributed by atoms with van der Waals surface area (Å²) in [6.07, 6.45) is 0. The standard InChI is InChI=1S/C10H13NO4S2/c1-7-5-11(6-8(7)10(12)13)17(14,15)9-3-2-4-16-9/h2-4,7-8H,5-6H2,1H3,(H,12,13)/t7-,8-/m1/s1. The third-order valence-corrected chi connectivity index (χ3v) is 6.19. The molecule has 1 aliphatic rings. The molecule has 0 amide bonds. The highest BCUT2D eigenvalue weighted by Crippen LogP contribution is 2.30. The molecule has 2 atom stereocenters. The number of aliphatic carboxylic acids is 1. The van der Waals surface area contributed by atoms with Crippen molar-refractivity contribution in [2.45, 2.75) is 11.1 Å². The molecule has 1 fully saturated rings. The molecule has 0 bridgehead atoms. The SMILES string of the molecule is C[C@@H]1CN(S(=O)(=O)c2cccs2)C[C@H]1C(=O)O. The number of thiophene rings is 1. The zero-order valence-corrected chi connectivity index (χ0v) is 10.9. The Hall–Kier alpha value is -0.920. The third kappa shape index (κ3) is 2.22. The highest BCUT2D eigenvalue weighted by atomic mass is 32.2. The molecule has 5 nitrogen and oxygen atoms in total. The molecule has 1 saturated heterocycles. The van der Waals surface area contributed by atoms with Gasteiger partial charge in [0.05, 0.1) is 5.92 Å². The molecule has 0 radical (unpaired) electrons. The number of carboxylic acids is 1. The van der Waals surface area contributed by atoms with Crippen molar-refractivity contribution in [3.8, 4) is 0 Å². The monoisotopic (exact) mass is 275 g/mol. The van der Waals surface area contributed by atoms with Crippen LogP contribution in [0.1, 0.15) is 6.92 Å². The molecular formula is C10H13NO4S2. The molecule has 94 valence electrons. The molecule has 0 aromatic carbocycles. The number of carbonyl (C=O) groups is 1. The Morgan fingerprint density at radius 2 is 2.24 bits per heavy atom. The maximum atomic E-state index is 12.2. The van der Waals surface area contributed by atoms with Crippen LogP contribution in [0.4, 0.5) is 0 Å². The van der Waals surface area contributed by atoms with Crippen LogP contribution in [-0.4, -0.2) is 36.9 Å². The van der Waals surface area contributed by atoms with Crippen LogP contribution < -0.4 is 0 Å². The number of hydrogen-bond acceptors (Lipinski definition) is 4. The quantitative estimate of drug-likeness (QED) is 0.896. The molecule has 1 aromatic heterocycles. The summed E-state index contributed by atoms with van der Waals surface area (Å²) < 4.78 is 25.8. The summed E-state index contributed by atoms with van der Waals surface area (Å²) in [5, 5.41) is 10.7. The van der Waals surface area contributed by atoms with E-state index in [1.54, 1.807) is 24.4 Å². The Labute approximate surface area is 104 Å². The molecule has 0 saturated carbocycles. The first-order valence-corrected chi connectivity index (χ1v) is 7.51. The summed E-state index contributed by atoms with van der Waals surface area (Å²) in [4.78, 5) is 11.0. The molecule has 1 aliphatic heterocycles. The smallest absolute Gasteiger partial charge is 0.308 e. The van der Waals surface area contributed by atoms with Crippen molar-refractivity contribution < 1.29 is 18.3 Å². The lowest BCUT2D eigenvalue weighted by molar-refractivity contribution is -0.142. The minimum atomic E-state index is -3.51. The van der Waals surface area contributed by atoms with Crippen molar-refractivity contribution >= 4 is 27.3 Å². The minimum absolute atomic E-state index is 0.0662. The van der Waals surface area contributed by atoms with Gasteiger partial charge in [-0.05, 0) is 17.4 Å². The Balaban J connectivity index is 2.24. The second kappa shape index (κ2) is 4.40. The summed E-state index contributed by atoms with van der Waals surface area (Å²) in [5.41, 5.74) is 0. The zero-order chi connectivity index (χ0) is 12.6. The van der Waals surface area contributed by atoms with E-state index in [1.807, 2.05) is 0 Å². The van der Waals surface area contributed by atoms with E-state index in [-0.39, 0.29) is 23.2 Å². The molecule has 7 heteroatoms. The Morgan fingerprint density at radius 1 is 1.53 bits per heavy atom. The van der Waals surface area contributed by atoms with Crippen molar-refractivity contribution in [1.29, 1.82) is 0 Å². The van der Waals surface area contributed by atoms with Gasteiger partial charge in [0.25, 0.3) is 10.0 Å².